The molecule has 2 rings (SSSR count). The van der Waals surface area contributed by atoms with E-state index >= 15 is 0 Å². The average molecular weight is 586 g/mol. The number of aliphatic hydroxyl groups is 1. The minimum atomic E-state index is -1.33. The maximum absolute atomic E-state index is 13.5. The topological polar surface area (TPSA) is 255 Å². The van der Waals surface area contributed by atoms with Crippen LogP contribution in [-0.4, -0.2) is 81.8 Å². The van der Waals surface area contributed by atoms with Crippen molar-refractivity contribution in [1.82, 2.24) is 16.0 Å². The molecular weight excluding hydrogens is 546 g/mol. The highest BCUT2D eigenvalue weighted by Gasteiger charge is 2.31. The second-order valence-corrected chi connectivity index (χ2v) is 9.80. The Morgan fingerprint density at radius 1 is 0.810 bits per heavy atom. The number of phenols is 1. The second kappa shape index (κ2) is 16.5. The molecule has 0 aliphatic heterocycles. The smallest absolute Gasteiger partial charge is 0.326 e. The van der Waals surface area contributed by atoms with Crippen LogP contribution in [0.4, 0.5) is 0 Å². The number of aliphatic imine (C=N–C) groups is 1. The lowest BCUT2D eigenvalue weighted by molar-refractivity contribution is -0.142. The van der Waals surface area contributed by atoms with Gasteiger partial charge in [0.15, 0.2) is 5.96 Å². The molecule has 0 spiro atoms. The normalized spacial score (nSPS) is 14.4. The van der Waals surface area contributed by atoms with Crippen LogP contribution < -0.4 is 33.2 Å². The molecule has 5 unspecified atom stereocenters. The number of carboxylic acids is 1. The SMILES string of the molecule is CC(O)C(N)C(=O)NC(Cc1ccc(O)cc1)C(=O)NC(CCCN=C(N)N)C(=O)NC(Cc1ccccc1)C(=O)O. The number of carboxylic acid groups (broad SMARTS) is 1. The quantitative estimate of drug-likeness (QED) is 0.0624. The van der Waals surface area contributed by atoms with E-state index in [0.29, 0.717) is 11.1 Å². The van der Waals surface area contributed by atoms with Gasteiger partial charge in [0.1, 0.15) is 29.9 Å². The third-order valence-electron chi connectivity index (χ3n) is 6.31. The molecule has 0 saturated heterocycles. The molecule has 0 radical (unpaired) electrons. The van der Waals surface area contributed by atoms with Crippen LogP contribution in [0.1, 0.15) is 30.9 Å². The molecule has 3 amide bonds. The number of guanidine groups is 1. The fourth-order valence-corrected chi connectivity index (χ4v) is 3.93. The van der Waals surface area contributed by atoms with Gasteiger partial charge < -0.3 is 48.5 Å². The third-order valence-corrected chi connectivity index (χ3v) is 6.31. The molecule has 0 aromatic heterocycles. The first-order chi connectivity index (χ1) is 19.9. The van der Waals surface area contributed by atoms with E-state index in [1.54, 1.807) is 42.5 Å². The van der Waals surface area contributed by atoms with Crippen LogP contribution in [0.2, 0.25) is 0 Å². The standard InChI is InChI=1S/C28H39N7O7/c1-16(36)23(29)26(40)34-21(14-18-9-11-19(37)12-10-18)25(39)33-20(8-5-13-32-28(30)31)24(38)35-22(27(41)42)15-17-6-3-2-4-7-17/h2-4,6-7,9-12,16,20-23,36-37H,5,8,13-15,29H2,1H3,(H,33,39)(H,34,40)(H,35,38)(H,41,42)(H4,30,31,32). The van der Waals surface area contributed by atoms with E-state index in [1.807, 2.05) is 0 Å². The number of phenolic OH excluding ortho intramolecular Hbond substituents is 1. The average Bonchev–Trinajstić information content (AvgIpc) is 2.94. The van der Waals surface area contributed by atoms with Crippen molar-refractivity contribution < 1.29 is 34.5 Å². The summed E-state index contributed by atoms with van der Waals surface area (Å²) in [6.07, 6.45) is -0.937. The lowest BCUT2D eigenvalue weighted by Crippen LogP contribution is -2.58. The Balaban J connectivity index is 2.28. The molecule has 42 heavy (non-hydrogen) atoms. The fraction of sp³-hybridized carbons (Fsp3) is 0.393. The van der Waals surface area contributed by atoms with E-state index in [9.17, 15) is 34.5 Å². The highest BCUT2D eigenvalue weighted by Crippen LogP contribution is 2.12. The summed E-state index contributed by atoms with van der Waals surface area (Å²) in [4.78, 5) is 55.2. The largest absolute Gasteiger partial charge is 0.508 e. The third kappa shape index (κ3) is 11.4. The van der Waals surface area contributed by atoms with Crippen LogP contribution in [-0.2, 0) is 32.0 Å². The number of aromatic hydroxyl groups is 1. The summed E-state index contributed by atoms with van der Waals surface area (Å²) in [7, 11) is 0. The van der Waals surface area contributed by atoms with Crippen LogP contribution in [0.3, 0.4) is 0 Å². The van der Waals surface area contributed by atoms with Gasteiger partial charge in [0.2, 0.25) is 17.7 Å². The lowest BCUT2D eigenvalue weighted by atomic mass is 10.0. The zero-order valence-corrected chi connectivity index (χ0v) is 23.3. The van der Waals surface area contributed by atoms with Gasteiger partial charge in [0, 0.05) is 19.4 Å². The van der Waals surface area contributed by atoms with Gasteiger partial charge >= 0.3 is 5.97 Å². The number of nitrogens with zero attached hydrogens (tertiary/aromatic N) is 1. The number of carbonyl (C=O) groups is 4. The number of carbonyl (C=O) groups excluding carboxylic acids is 3. The lowest BCUT2D eigenvalue weighted by Gasteiger charge is -2.26. The molecule has 12 N–H and O–H groups in total. The Labute approximate surface area is 243 Å². The van der Waals surface area contributed by atoms with Crippen molar-refractivity contribution in [2.24, 2.45) is 22.2 Å². The number of hydrogen-bond acceptors (Lipinski definition) is 8. The van der Waals surface area contributed by atoms with E-state index < -0.39 is 54.0 Å². The maximum Gasteiger partial charge on any atom is 0.326 e. The Kier molecular flexibility index (Phi) is 13.2. The van der Waals surface area contributed by atoms with Gasteiger partial charge in [-0.3, -0.25) is 19.4 Å². The van der Waals surface area contributed by atoms with Crippen molar-refractivity contribution in [2.75, 3.05) is 6.54 Å². The Hall–Kier alpha value is -4.69. The van der Waals surface area contributed by atoms with Gasteiger partial charge in [0.25, 0.3) is 0 Å². The first-order valence-corrected chi connectivity index (χ1v) is 13.3. The molecule has 0 saturated carbocycles. The molecule has 0 bridgehead atoms. The van der Waals surface area contributed by atoms with Crippen molar-refractivity contribution >= 4 is 29.7 Å². The first-order valence-electron chi connectivity index (χ1n) is 13.3. The molecule has 5 atom stereocenters. The zero-order valence-electron chi connectivity index (χ0n) is 23.3. The summed E-state index contributed by atoms with van der Waals surface area (Å²) in [5.41, 5.74) is 17.7. The number of aliphatic carboxylic acids is 1. The molecule has 0 heterocycles. The summed E-state index contributed by atoms with van der Waals surface area (Å²) >= 11 is 0. The monoisotopic (exact) mass is 585 g/mol. The van der Waals surface area contributed by atoms with Gasteiger partial charge in [-0.1, -0.05) is 42.5 Å². The van der Waals surface area contributed by atoms with Crippen molar-refractivity contribution in [3.8, 4) is 5.75 Å². The molecule has 14 heteroatoms. The van der Waals surface area contributed by atoms with Gasteiger partial charge in [-0.15, -0.1) is 0 Å². The fourth-order valence-electron chi connectivity index (χ4n) is 3.93. The predicted molar refractivity (Wildman–Crippen MR) is 155 cm³/mol. The molecule has 228 valence electrons. The van der Waals surface area contributed by atoms with Gasteiger partial charge in [0.05, 0.1) is 6.10 Å². The molecule has 0 aliphatic carbocycles. The summed E-state index contributed by atoms with van der Waals surface area (Å²) in [5.74, 6) is -3.73. The first kappa shape index (κ1) is 33.5. The Morgan fingerprint density at radius 3 is 1.90 bits per heavy atom. The molecule has 0 aliphatic rings. The molecular formula is C28H39N7O7. The number of hydrogen-bond donors (Lipinski definition) is 9. The Morgan fingerprint density at radius 2 is 1.33 bits per heavy atom. The van der Waals surface area contributed by atoms with Gasteiger partial charge in [-0.2, -0.15) is 0 Å². The van der Waals surface area contributed by atoms with E-state index in [-0.39, 0.29) is 43.9 Å². The van der Waals surface area contributed by atoms with Crippen LogP contribution in [0.5, 0.6) is 5.75 Å². The van der Waals surface area contributed by atoms with Crippen molar-refractivity contribution in [1.29, 1.82) is 0 Å². The van der Waals surface area contributed by atoms with Crippen LogP contribution in [0, 0.1) is 0 Å². The van der Waals surface area contributed by atoms with E-state index in [0.717, 1.165) is 0 Å². The zero-order chi connectivity index (χ0) is 31.2. The highest BCUT2D eigenvalue weighted by molar-refractivity contribution is 5.94. The van der Waals surface area contributed by atoms with Crippen LogP contribution in [0.15, 0.2) is 59.6 Å². The van der Waals surface area contributed by atoms with Crippen molar-refractivity contribution in [3.63, 3.8) is 0 Å². The number of amides is 3. The minimum absolute atomic E-state index is 0.000845. The molecule has 2 aromatic rings. The summed E-state index contributed by atoms with van der Waals surface area (Å²) in [6.45, 7) is 1.47. The summed E-state index contributed by atoms with van der Waals surface area (Å²) in [5, 5.41) is 36.7. The Bertz CT molecular complexity index is 1220. The predicted octanol–water partition coefficient (Wildman–Crippen LogP) is -1.52. The molecule has 14 nitrogen and oxygen atoms in total. The minimum Gasteiger partial charge on any atom is -0.508 e. The number of aliphatic hydroxyl groups excluding tert-OH is 1. The molecule has 2 aromatic carbocycles. The number of benzene rings is 2. The van der Waals surface area contributed by atoms with E-state index in [4.69, 9.17) is 17.2 Å². The second-order valence-electron chi connectivity index (χ2n) is 9.80. The number of nitrogens with one attached hydrogen (secondary N) is 3. The number of nitrogens with two attached hydrogens (primary N) is 3. The number of rotatable bonds is 16. The van der Waals surface area contributed by atoms with Crippen LogP contribution >= 0.6 is 0 Å². The maximum atomic E-state index is 13.5. The highest BCUT2D eigenvalue weighted by atomic mass is 16.4. The van der Waals surface area contributed by atoms with E-state index in [1.165, 1.54) is 19.1 Å². The summed E-state index contributed by atoms with van der Waals surface area (Å²) < 4.78 is 0. The van der Waals surface area contributed by atoms with Crippen molar-refractivity contribution in [2.45, 2.75) is 62.9 Å². The summed E-state index contributed by atoms with van der Waals surface area (Å²) in [6, 6.07) is 9.59. The van der Waals surface area contributed by atoms with Gasteiger partial charge in [-0.25, -0.2) is 4.79 Å². The molecule has 0 fully saturated rings. The van der Waals surface area contributed by atoms with E-state index in [2.05, 4.69) is 20.9 Å². The van der Waals surface area contributed by atoms with Crippen molar-refractivity contribution in [3.05, 3.63) is 65.7 Å². The van der Waals surface area contributed by atoms with Crippen LogP contribution in [0.25, 0.3) is 0 Å². The van der Waals surface area contributed by atoms with Gasteiger partial charge in [-0.05, 0) is 43.0 Å².